The molecule has 1 N–H and O–H groups in total. The van der Waals surface area contributed by atoms with Crippen LogP contribution in [0, 0.1) is 11.2 Å². The molecule has 2 aromatic rings. The summed E-state index contributed by atoms with van der Waals surface area (Å²) in [6, 6.07) is 0. The minimum absolute atomic E-state index is 0.0722. The number of fused-ring (bicyclic) bond motifs is 1. The maximum atomic E-state index is 10.9. The maximum absolute atomic E-state index is 10.9. The second-order valence-electron chi connectivity index (χ2n) is 6.76. The topological polar surface area (TPSA) is 119 Å². The van der Waals surface area contributed by atoms with Gasteiger partial charge in [0.25, 0.3) is 6.71 Å². The number of aryl methyl sites for hydroxylation is 1. The number of hydrogen-bond acceptors (Lipinski definition) is 8. The fourth-order valence-corrected chi connectivity index (χ4v) is 3.46. The van der Waals surface area contributed by atoms with Crippen LogP contribution in [-0.4, -0.2) is 63.9 Å². The first-order valence-electron chi connectivity index (χ1n) is 8.93. The second kappa shape index (κ2) is 7.19. The number of anilines is 2. The van der Waals surface area contributed by atoms with Gasteiger partial charge in [0.05, 0.1) is 5.56 Å². The Hall–Kier alpha value is -3.22. The molecular weight excluding hydrogens is 345 g/mol. The van der Waals surface area contributed by atoms with Crippen LogP contribution >= 0.6 is 0 Å². The molecule has 27 heavy (non-hydrogen) atoms. The minimum Gasteiger partial charge on any atom is -0.478 e. The van der Waals surface area contributed by atoms with Crippen molar-refractivity contribution in [1.82, 2.24) is 19.9 Å². The Morgan fingerprint density at radius 1 is 1.07 bits per heavy atom. The molecule has 10 heteroatoms. The molecule has 2 aliphatic rings. The van der Waals surface area contributed by atoms with Gasteiger partial charge in [-0.2, -0.15) is 0 Å². The molecule has 1 fully saturated rings. The fourth-order valence-electron chi connectivity index (χ4n) is 3.46. The smallest absolute Gasteiger partial charge is 0.338 e. The summed E-state index contributed by atoms with van der Waals surface area (Å²) in [7, 11) is 0. The Morgan fingerprint density at radius 2 is 1.70 bits per heavy atom. The lowest BCUT2D eigenvalue weighted by molar-refractivity contribution is 0.0696. The van der Waals surface area contributed by atoms with Crippen LogP contribution in [0.25, 0.3) is 0 Å². The van der Waals surface area contributed by atoms with Crippen molar-refractivity contribution in [3.05, 3.63) is 35.4 Å². The Morgan fingerprint density at radius 3 is 2.33 bits per heavy atom. The van der Waals surface area contributed by atoms with E-state index in [9.17, 15) is 4.79 Å². The van der Waals surface area contributed by atoms with E-state index in [1.807, 2.05) is 11.1 Å². The first-order chi connectivity index (χ1) is 13.1. The van der Waals surface area contributed by atoms with E-state index in [4.69, 9.17) is 15.4 Å². The number of nitrogens with zero attached hydrogens (tertiary/aromatic N) is 7. The molecule has 1 saturated heterocycles. The average molecular weight is 363 g/mol. The number of carboxylic acids is 1. The zero-order chi connectivity index (χ0) is 18.8. The van der Waals surface area contributed by atoms with Gasteiger partial charge < -0.3 is 14.9 Å². The van der Waals surface area contributed by atoms with E-state index < -0.39 is 5.97 Å². The van der Waals surface area contributed by atoms with E-state index in [-0.39, 0.29) is 12.3 Å². The SMILES string of the molecule is N#CB1CCc2nc(N3CCN(c4ncc(C(=O)O)cn4)CC3)ncc2C1. The molecule has 4 rings (SSSR count). The Labute approximate surface area is 156 Å². The molecule has 0 unspecified atom stereocenters. The largest absolute Gasteiger partial charge is 0.478 e. The first-order valence-corrected chi connectivity index (χ1v) is 8.93. The highest BCUT2D eigenvalue weighted by Gasteiger charge is 2.26. The lowest BCUT2D eigenvalue weighted by Crippen LogP contribution is -2.47. The summed E-state index contributed by atoms with van der Waals surface area (Å²) in [5.74, 6) is 2.57. The van der Waals surface area contributed by atoms with Crippen LogP contribution in [0.5, 0.6) is 0 Å². The molecule has 0 radical (unpaired) electrons. The quantitative estimate of drug-likeness (QED) is 0.777. The van der Waals surface area contributed by atoms with Gasteiger partial charge in [0.2, 0.25) is 11.9 Å². The summed E-state index contributed by atoms with van der Waals surface area (Å²) < 4.78 is 0. The van der Waals surface area contributed by atoms with Crippen molar-refractivity contribution in [3.63, 3.8) is 0 Å². The standard InChI is InChI=1S/C17H18BN7O2/c19-11-18-2-1-14-12(7-18)8-22-17(23-14)25-5-3-24(4-6-25)16-20-9-13(10-21-16)15(26)27/h8-10H,1-7H2,(H,26,27). The molecule has 2 aromatic heterocycles. The van der Waals surface area contributed by atoms with E-state index >= 15 is 0 Å². The van der Waals surface area contributed by atoms with E-state index in [2.05, 4.69) is 25.8 Å². The van der Waals surface area contributed by atoms with Gasteiger partial charge in [0.1, 0.15) is 0 Å². The number of carbonyl (C=O) groups is 1. The predicted octanol–water partition coefficient (Wildman–Crippen LogP) is 0.487. The van der Waals surface area contributed by atoms with E-state index in [0.29, 0.717) is 19.0 Å². The number of piperazine rings is 1. The van der Waals surface area contributed by atoms with Crippen LogP contribution < -0.4 is 9.80 Å². The van der Waals surface area contributed by atoms with Crippen LogP contribution in [-0.2, 0) is 12.7 Å². The molecular formula is C17H18BN7O2. The molecule has 0 spiro atoms. The molecule has 0 amide bonds. The Balaban J connectivity index is 1.41. The number of aromatic nitrogens is 4. The summed E-state index contributed by atoms with van der Waals surface area (Å²) >= 11 is 0. The van der Waals surface area contributed by atoms with Crippen molar-refractivity contribution in [2.24, 2.45) is 0 Å². The monoisotopic (exact) mass is 363 g/mol. The van der Waals surface area contributed by atoms with Gasteiger partial charge >= 0.3 is 5.97 Å². The molecule has 4 heterocycles. The second-order valence-corrected chi connectivity index (χ2v) is 6.76. The van der Waals surface area contributed by atoms with Gasteiger partial charge in [-0.1, -0.05) is 6.32 Å². The summed E-state index contributed by atoms with van der Waals surface area (Å²) in [6.45, 7) is 2.98. The number of nitriles is 1. The zero-order valence-corrected chi connectivity index (χ0v) is 14.7. The van der Waals surface area contributed by atoms with Gasteiger partial charge in [-0.25, -0.2) is 30.0 Å². The minimum atomic E-state index is -1.03. The van der Waals surface area contributed by atoms with Gasteiger partial charge in [-0.3, -0.25) is 0 Å². The highest BCUT2D eigenvalue weighted by atomic mass is 16.4. The number of hydrogen-bond donors (Lipinski definition) is 1. The Bertz CT molecular complexity index is 891. The average Bonchev–Trinajstić information content (AvgIpc) is 2.73. The molecule has 0 aromatic carbocycles. The van der Waals surface area contributed by atoms with Gasteiger partial charge in [0.15, 0.2) is 0 Å². The van der Waals surface area contributed by atoms with Crippen molar-refractivity contribution in [1.29, 1.82) is 5.26 Å². The predicted molar refractivity (Wildman–Crippen MR) is 99.0 cm³/mol. The molecule has 2 aliphatic heterocycles. The third-order valence-corrected chi connectivity index (χ3v) is 5.05. The fraction of sp³-hybridized carbons (Fsp3) is 0.412. The van der Waals surface area contributed by atoms with Crippen LogP contribution in [0.1, 0.15) is 21.6 Å². The molecule has 9 nitrogen and oxygen atoms in total. The summed E-state index contributed by atoms with van der Waals surface area (Å²) in [4.78, 5) is 32.6. The third kappa shape index (κ3) is 3.53. The maximum Gasteiger partial charge on any atom is 0.338 e. The van der Waals surface area contributed by atoms with Crippen LogP contribution in [0.2, 0.25) is 6.32 Å². The highest BCUT2D eigenvalue weighted by molar-refractivity contribution is 6.66. The summed E-state index contributed by atoms with van der Waals surface area (Å²) in [5, 5.41) is 18.0. The van der Waals surface area contributed by atoms with Crippen LogP contribution in [0.4, 0.5) is 11.9 Å². The van der Waals surface area contributed by atoms with Crippen molar-refractivity contribution in [2.75, 3.05) is 36.0 Å². The normalized spacial score (nSPS) is 16.6. The third-order valence-electron chi connectivity index (χ3n) is 5.05. The van der Waals surface area contributed by atoms with Gasteiger partial charge in [-0.05, 0) is 18.3 Å². The molecule has 0 saturated carbocycles. The number of carboxylic acid groups (broad SMARTS) is 1. The van der Waals surface area contributed by atoms with Crippen molar-refractivity contribution in [2.45, 2.75) is 19.1 Å². The van der Waals surface area contributed by atoms with Crippen LogP contribution in [0.3, 0.4) is 0 Å². The Kier molecular flexibility index (Phi) is 4.58. The first kappa shape index (κ1) is 17.2. The summed E-state index contributed by atoms with van der Waals surface area (Å²) in [6.07, 6.45) is 6.95. The van der Waals surface area contributed by atoms with Gasteiger partial charge in [0, 0.05) is 56.4 Å². The van der Waals surface area contributed by atoms with E-state index in [1.54, 1.807) is 0 Å². The summed E-state index contributed by atoms with van der Waals surface area (Å²) in [5.41, 5.74) is 2.22. The van der Waals surface area contributed by atoms with Crippen molar-refractivity contribution < 1.29 is 9.90 Å². The highest BCUT2D eigenvalue weighted by Crippen LogP contribution is 2.22. The van der Waals surface area contributed by atoms with Gasteiger partial charge in [-0.15, -0.1) is 0 Å². The molecule has 0 atom stereocenters. The molecule has 0 bridgehead atoms. The lowest BCUT2D eigenvalue weighted by Gasteiger charge is -2.35. The van der Waals surface area contributed by atoms with Crippen LogP contribution in [0.15, 0.2) is 18.6 Å². The molecule has 136 valence electrons. The zero-order valence-electron chi connectivity index (χ0n) is 14.7. The lowest BCUT2D eigenvalue weighted by atomic mass is 9.43. The van der Waals surface area contributed by atoms with E-state index in [0.717, 1.165) is 49.4 Å². The van der Waals surface area contributed by atoms with E-state index in [1.165, 1.54) is 12.4 Å². The number of aromatic carboxylic acids is 1. The molecule has 0 aliphatic carbocycles. The van der Waals surface area contributed by atoms with Crippen molar-refractivity contribution in [3.8, 4) is 5.97 Å². The van der Waals surface area contributed by atoms with Crippen molar-refractivity contribution >= 4 is 24.6 Å². The number of rotatable bonds is 3.